The molecule has 90 valence electrons. The van der Waals surface area contributed by atoms with Gasteiger partial charge in [0, 0.05) is 12.3 Å². The first kappa shape index (κ1) is 13.1. The van der Waals surface area contributed by atoms with Crippen molar-refractivity contribution < 1.29 is 17.7 Å². The van der Waals surface area contributed by atoms with E-state index in [0.717, 1.165) is 12.1 Å². The van der Waals surface area contributed by atoms with E-state index in [1.807, 2.05) is 0 Å². The number of rotatable bonds is 5. The summed E-state index contributed by atoms with van der Waals surface area (Å²) in [6, 6.07) is 1.91. The van der Waals surface area contributed by atoms with Crippen LogP contribution < -0.4 is 5.73 Å². The Bertz CT molecular complexity index is 375. The van der Waals surface area contributed by atoms with Crippen LogP contribution in [-0.2, 0) is 15.5 Å². The minimum atomic E-state index is -1.75. The summed E-state index contributed by atoms with van der Waals surface area (Å²) in [6.07, 6.45) is 0. The minimum Gasteiger partial charge on any atom is -0.399 e. The molecule has 1 unspecified atom stereocenters. The van der Waals surface area contributed by atoms with Crippen LogP contribution in [0.2, 0.25) is 0 Å². The van der Waals surface area contributed by atoms with E-state index in [-0.39, 0.29) is 18.0 Å². The highest BCUT2D eigenvalue weighted by Crippen LogP contribution is 2.20. The largest absolute Gasteiger partial charge is 0.399 e. The zero-order chi connectivity index (χ0) is 12.1. The van der Waals surface area contributed by atoms with Crippen molar-refractivity contribution in [1.29, 1.82) is 0 Å². The van der Waals surface area contributed by atoms with Crippen LogP contribution in [0.25, 0.3) is 0 Å². The van der Waals surface area contributed by atoms with Crippen LogP contribution in [0.4, 0.5) is 14.5 Å². The zero-order valence-corrected chi connectivity index (χ0v) is 9.65. The van der Waals surface area contributed by atoms with Crippen LogP contribution in [0.1, 0.15) is 6.92 Å². The highest BCUT2D eigenvalue weighted by molar-refractivity contribution is 7.85. The number of halogens is 2. The Morgan fingerprint density at radius 3 is 2.44 bits per heavy atom. The summed E-state index contributed by atoms with van der Waals surface area (Å²) in [5.41, 5.74) is 5.22. The summed E-state index contributed by atoms with van der Waals surface area (Å²) >= 11 is 0. The van der Waals surface area contributed by atoms with Crippen molar-refractivity contribution in [2.75, 3.05) is 24.7 Å². The van der Waals surface area contributed by atoms with Crippen molar-refractivity contribution in [3.05, 3.63) is 23.8 Å². The molecule has 2 N–H and O–H groups in total. The number of nitrogens with two attached hydrogens (primary N) is 1. The van der Waals surface area contributed by atoms with Gasteiger partial charge in [0.05, 0.1) is 23.2 Å². The van der Waals surface area contributed by atoms with E-state index in [1.54, 1.807) is 6.92 Å². The van der Waals surface area contributed by atoms with Crippen LogP contribution in [0.3, 0.4) is 0 Å². The lowest BCUT2D eigenvalue weighted by Crippen LogP contribution is -2.10. The van der Waals surface area contributed by atoms with Crippen molar-refractivity contribution in [2.24, 2.45) is 0 Å². The van der Waals surface area contributed by atoms with Crippen LogP contribution in [0.5, 0.6) is 0 Å². The maximum atomic E-state index is 13.3. The fourth-order valence-corrected chi connectivity index (χ4v) is 2.20. The third-order valence-electron chi connectivity index (χ3n) is 1.87. The van der Waals surface area contributed by atoms with Crippen LogP contribution in [0, 0.1) is 11.6 Å². The molecule has 0 heterocycles. The molecule has 3 nitrogen and oxygen atoms in total. The normalized spacial score (nSPS) is 12.7. The smallest absolute Gasteiger partial charge is 0.144 e. The van der Waals surface area contributed by atoms with Gasteiger partial charge in [0.2, 0.25) is 0 Å². The van der Waals surface area contributed by atoms with Gasteiger partial charge in [-0.15, -0.1) is 0 Å². The average Bonchev–Trinajstić information content (AvgIpc) is 2.16. The molecule has 1 atom stereocenters. The van der Waals surface area contributed by atoms with Crippen molar-refractivity contribution in [3.63, 3.8) is 0 Å². The molecule has 0 aliphatic rings. The molecule has 1 rings (SSSR count). The van der Waals surface area contributed by atoms with Crippen LogP contribution in [-0.4, -0.2) is 23.2 Å². The van der Waals surface area contributed by atoms with Crippen molar-refractivity contribution in [3.8, 4) is 0 Å². The maximum absolute atomic E-state index is 13.3. The molecular formula is C10H13F2NO2S. The van der Waals surface area contributed by atoms with Crippen LogP contribution >= 0.6 is 0 Å². The van der Waals surface area contributed by atoms with E-state index in [9.17, 15) is 13.0 Å². The first-order valence-corrected chi connectivity index (χ1v) is 6.08. The quantitative estimate of drug-likeness (QED) is 0.638. The summed E-state index contributed by atoms with van der Waals surface area (Å²) in [6.45, 7) is 2.46. The number of benzene rings is 1. The van der Waals surface area contributed by atoms with Gasteiger partial charge in [-0.05, 0) is 19.1 Å². The number of anilines is 1. The van der Waals surface area contributed by atoms with Gasteiger partial charge < -0.3 is 10.5 Å². The van der Waals surface area contributed by atoms with Gasteiger partial charge in [-0.3, -0.25) is 4.21 Å². The highest BCUT2D eigenvalue weighted by atomic mass is 32.2. The molecule has 1 aromatic rings. The third kappa shape index (κ3) is 3.24. The Labute approximate surface area is 95.0 Å². The number of hydrogen-bond donors (Lipinski definition) is 1. The Balaban J connectivity index is 2.83. The maximum Gasteiger partial charge on any atom is 0.144 e. The molecule has 0 amide bonds. The van der Waals surface area contributed by atoms with Gasteiger partial charge in [0.25, 0.3) is 0 Å². The first-order chi connectivity index (χ1) is 7.56. The monoisotopic (exact) mass is 249 g/mol. The second-order valence-electron chi connectivity index (χ2n) is 3.06. The number of hydrogen-bond acceptors (Lipinski definition) is 3. The summed E-state index contributed by atoms with van der Waals surface area (Å²) in [4.78, 5) is -0.436. The molecule has 16 heavy (non-hydrogen) atoms. The summed E-state index contributed by atoms with van der Waals surface area (Å²) in [5.74, 6) is -1.70. The Kier molecular flexibility index (Phi) is 4.82. The molecule has 0 radical (unpaired) electrons. The fourth-order valence-electron chi connectivity index (χ4n) is 1.18. The minimum absolute atomic E-state index is 0.0273. The molecule has 0 aromatic heterocycles. The molecule has 0 aliphatic carbocycles. The Hall–Kier alpha value is -1.01. The molecule has 1 aromatic carbocycles. The van der Waals surface area contributed by atoms with Gasteiger partial charge in [-0.2, -0.15) is 0 Å². The predicted octanol–water partition coefficient (Wildman–Crippen LogP) is 1.69. The van der Waals surface area contributed by atoms with E-state index in [0.29, 0.717) is 6.61 Å². The Morgan fingerprint density at radius 2 is 1.94 bits per heavy atom. The van der Waals surface area contributed by atoms with Crippen LogP contribution in [0.15, 0.2) is 17.0 Å². The topological polar surface area (TPSA) is 52.3 Å². The predicted molar refractivity (Wildman–Crippen MR) is 58.5 cm³/mol. The average molecular weight is 249 g/mol. The molecule has 0 saturated carbocycles. The second-order valence-corrected chi connectivity index (χ2v) is 4.57. The first-order valence-electron chi connectivity index (χ1n) is 4.77. The van der Waals surface area contributed by atoms with Gasteiger partial charge in [-0.1, -0.05) is 0 Å². The molecular weight excluding hydrogens is 236 g/mol. The summed E-state index contributed by atoms with van der Waals surface area (Å²) in [7, 11) is -1.75. The van der Waals surface area contributed by atoms with Gasteiger partial charge in [-0.25, -0.2) is 8.78 Å². The standard InChI is InChI=1S/C10H13F2NO2S/c1-2-15-3-4-16(14)10-8(11)5-7(13)6-9(10)12/h5-6H,2-4,13H2,1H3. The lowest BCUT2D eigenvalue weighted by Gasteiger charge is -2.06. The second kappa shape index (κ2) is 5.91. The van der Waals surface area contributed by atoms with E-state index in [4.69, 9.17) is 10.5 Å². The van der Waals surface area contributed by atoms with Crippen molar-refractivity contribution >= 4 is 16.5 Å². The molecule has 0 fully saturated rings. The molecule has 0 aliphatic heterocycles. The molecule has 0 bridgehead atoms. The Morgan fingerprint density at radius 1 is 1.38 bits per heavy atom. The van der Waals surface area contributed by atoms with Gasteiger partial charge in [0.1, 0.15) is 16.5 Å². The SMILES string of the molecule is CCOCCS(=O)c1c(F)cc(N)cc1F. The van der Waals surface area contributed by atoms with Gasteiger partial charge >= 0.3 is 0 Å². The fraction of sp³-hybridized carbons (Fsp3) is 0.400. The lowest BCUT2D eigenvalue weighted by atomic mass is 10.3. The summed E-state index contributed by atoms with van der Waals surface area (Å²) < 4.78 is 43.2. The van der Waals surface area contributed by atoms with Crippen molar-refractivity contribution in [2.45, 2.75) is 11.8 Å². The van der Waals surface area contributed by atoms with Crippen molar-refractivity contribution in [1.82, 2.24) is 0 Å². The molecule has 0 spiro atoms. The number of ether oxygens (including phenoxy) is 1. The zero-order valence-electron chi connectivity index (χ0n) is 8.83. The van der Waals surface area contributed by atoms with Gasteiger partial charge in [0.15, 0.2) is 0 Å². The number of nitrogen functional groups attached to an aromatic ring is 1. The van der Waals surface area contributed by atoms with E-state index in [2.05, 4.69) is 0 Å². The van der Waals surface area contributed by atoms with E-state index in [1.165, 1.54) is 0 Å². The summed E-state index contributed by atoms with van der Waals surface area (Å²) in [5, 5.41) is 0. The molecule has 6 heteroatoms. The highest BCUT2D eigenvalue weighted by Gasteiger charge is 2.16. The lowest BCUT2D eigenvalue weighted by molar-refractivity contribution is 0.164. The van der Waals surface area contributed by atoms with E-state index < -0.39 is 27.3 Å². The molecule has 0 saturated heterocycles. The third-order valence-corrected chi connectivity index (χ3v) is 3.25. The van der Waals surface area contributed by atoms with E-state index >= 15 is 0 Å².